The fraction of sp³-hybridized carbons (Fsp3) is 0.444. The van der Waals surface area contributed by atoms with E-state index < -0.39 is 18.0 Å². The smallest absolute Gasteiger partial charge is 0.321 e. The highest BCUT2D eigenvalue weighted by molar-refractivity contribution is 5.95. The van der Waals surface area contributed by atoms with Gasteiger partial charge in [-0.2, -0.15) is 5.26 Å². The van der Waals surface area contributed by atoms with Crippen LogP contribution in [-0.4, -0.2) is 33.2 Å². The maximum atomic E-state index is 11.6. The van der Waals surface area contributed by atoms with Crippen LogP contribution in [0.4, 0.5) is 4.79 Å². The maximum Gasteiger partial charge on any atom is 0.321 e. The zero-order chi connectivity index (χ0) is 12.8. The van der Waals surface area contributed by atoms with Crippen molar-refractivity contribution in [1.29, 1.82) is 5.26 Å². The Morgan fingerprint density at radius 1 is 1.65 bits per heavy atom. The number of hydrogen-bond donors (Lipinski definition) is 2. The first-order chi connectivity index (χ1) is 8.08. The number of nitriles is 1. The zero-order valence-corrected chi connectivity index (χ0v) is 9.47. The van der Waals surface area contributed by atoms with Gasteiger partial charge in [-0.3, -0.25) is 10.1 Å². The number of amides is 3. The first-order valence-corrected chi connectivity index (χ1v) is 4.98. The van der Waals surface area contributed by atoms with Gasteiger partial charge in [-0.05, 0) is 13.8 Å². The molecule has 90 valence electrons. The second-order valence-corrected chi connectivity index (χ2v) is 3.18. The van der Waals surface area contributed by atoms with Crippen molar-refractivity contribution in [3.63, 3.8) is 0 Å². The fourth-order valence-corrected chi connectivity index (χ4v) is 1.05. The first kappa shape index (κ1) is 12.6. The van der Waals surface area contributed by atoms with Crippen LogP contribution >= 0.6 is 0 Å². The van der Waals surface area contributed by atoms with E-state index in [1.807, 2.05) is 0 Å². The topological polar surface area (TPSA) is 113 Å². The molecule has 0 aliphatic rings. The zero-order valence-electron chi connectivity index (χ0n) is 9.47. The molecule has 0 aliphatic carbocycles. The molecule has 1 aromatic heterocycles. The monoisotopic (exact) mass is 236 g/mol. The predicted molar refractivity (Wildman–Crippen MR) is 56.7 cm³/mol. The minimum atomic E-state index is -0.716. The van der Waals surface area contributed by atoms with E-state index in [0.29, 0.717) is 6.54 Å². The molecule has 2 N–H and O–H groups in total. The lowest BCUT2D eigenvalue weighted by Crippen LogP contribution is -2.42. The van der Waals surface area contributed by atoms with Crippen LogP contribution in [0.5, 0.6) is 0 Å². The molecule has 8 heteroatoms. The Kier molecular flexibility index (Phi) is 4.16. The molecular formula is C9H12N6O2. The molecule has 0 fully saturated rings. The molecule has 1 unspecified atom stereocenters. The van der Waals surface area contributed by atoms with Crippen LogP contribution in [0.3, 0.4) is 0 Å². The Balaban J connectivity index is 2.64. The summed E-state index contributed by atoms with van der Waals surface area (Å²) in [5.74, 6) is -0.548. The second kappa shape index (κ2) is 5.60. The van der Waals surface area contributed by atoms with Crippen molar-refractivity contribution >= 4 is 11.9 Å². The molecule has 1 aromatic rings. The molecule has 0 aliphatic heterocycles. The molecule has 1 heterocycles. The number of imide groups is 1. The van der Waals surface area contributed by atoms with Gasteiger partial charge in [0.2, 0.25) is 0 Å². The minimum absolute atomic E-state index is 0.0253. The number of carbonyl (C=O) groups is 2. The Labute approximate surface area is 97.6 Å². The van der Waals surface area contributed by atoms with Gasteiger partial charge in [0, 0.05) is 6.54 Å². The lowest BCUT2D eigenvalue weighted by molar-refractivity contribution is -0.123. The normalized spacial score (nSPS) is 11.4. The molecule has 0 aromatic carbocycles. The van der Waals surface area contributed by atoms with Crippen molar-refractivity contribution in [2.75, 3.05) is 6.54 Å². The Hall–Kier alpha value is -2.43. The van der Waals surface area contributed by atoms with Gasteiger partial charge in [0.05, 0.1) is 0 Å². The summed E-state index contributed by atoms with van der Waals surface area (Å²) in [7, 11) is 0. The lowest BCUT2D eigenvalue weighted by Gasteiger charge is -2.11. The van der Waals surface area contributed by atoms with Crippen molar-refractivity contribution in [2.24, 2.45) is 0 Å². The number of carbonyl (C=O) groups excluding carboxylic acids is 2. The van der Waals surface area contributed by atoms with Crippen LogP contribution in [0.1, 0.15) is 25.7 Å². The summed E-state index contributed by atoms with van der Waals surface area (Å²) in [6.45, 7) is 3.71. The van der Waals surface area contributed by atoms with E-state index in [9.17, 15) is 9.59 Å². The van der Waals surface area contributed by atoms with Crippen molar-refractivity contribution < 1.29 is 9.59 Å². The Morgan fingerprint density at radius 2 is 2.35 bits per heavy atom. The van der Waals surface area contributed by atoms with Crippen molar-refractivity contribution in [2.45, 2.75) is 19.9 Å². The first-order valence-electron chi connectivity index (χ1n) is 4.98. The number of nitrogens with zero attached hydrogens (tertiary/aromatic N) is 4. The molecule has 3 amide bonds. The minimum Gasteiger partial charge on any atom is -0.338 e. The van der Waals surface area contributed by atoms with Crippen LogP contribution in [-0.2, 0) is 4.79 Å². The summed E-state index contributed by atoms with van der Waals surface area (Å²) in [6, 6.07) is 0.468. The average Bonchev–Trinajstić information content (AvgIpc) is 2.76. The van der Waals surface area contributed by atoms with Gasteiger partial charge in [0.1, 0.15) is 18.4 Å². The van der Waals surface area contributed by atoms with Crippen molar-refractivity contribution in [1.82, 2.24) is 25.4 Å². The molecular weight excluding hydrogens is 224 g/mol. The van der Waals surface area contributed by atoms with Crippen LogP contribution in [0.15, 0.2) is 6.33 Å². The molecule has 1 rings (SSSR count). The lowest BCUT2D eigenvalue weighted by atomic mass is 10.3. The highest BCUT2D eigenvalue weighted by atomic mass is 16.2. The van der Waals surface area contributed by atoms with E-state index >= 15 is 0 Å². The van der Waals surface area contributed by atoms with Crippen molar-refractivity contribution in [3.05, 3.63) is 12.2 Å². The van der Waals surface area contributed by atoms with Gasteiger partial charge >= 0.3 is 6.03 Å². The number of urea groups is 1. The second-order valence-electron chi connectivity index (χ2n) is 3.18. The van der Waals surface area contributed by atoms with Gasteiger partial charge in [0.25, 0.3) is 11.7 Å². The Bertz CT molecular complexity index is 460. The largest absolute Gasteiger partial charge is 0.338 e. The van der Waals surface area contributed by atoms with Gasteiger partial charge < -0.3 is 5.32 Å². The maximum absolute atomic E-state index is 11.6. The SMILES string of the molecule is CCNC(=O)NC(=O)C(C)n1cnc(C#N)n1. The standard InChI is InChI=1S/C9H12N6O2/c1-3-11-9(17)13-8(16)6(2)15-5-12-7(4-10)14-15/h5-6H,3H2,1-2H3,(H2,11,13,16,17). The molecule has 0 bridgehead atoms. The van der Waals surface area contributed by atoms with Gasteiger partial charge in [0.15, 0.2) is 0 Å². The summed E-state index contributed by atoms with van der Waals surface area (Å²) < 4.78 is 1.22. The number of nitrogens with one attached hydrogen (secondary N) is 2. The molecule has 8 nitrogen and oxygen atoms in total. The molecule has 17 heavy (non-hydrogen) atoms. The summed E-state index contributed by atoms with van der Waals surface area (Å²) in [4.78, 5) is 26.4. The van der Waals surface area contributed by atoms with Crippen molar-refractivity contribution in [3.8, 4) is 6.07 Å². The van der Waals surface area contributed by atoms with Crippen LogP contribution in [0.25, 0.3) is 0 Å². The predicted octanol–water partition coefficient (Wildman–Crippen LogP) is -0.444. The Morgan fingerprint density at radius 3 is 2.88 bits per heavy atom. The third-order valence-corrected chi connectivity index (χ3v) is 1.96. The quantitative estimate of drug-likeness (QED) is 0.738. The van der Waals surface area contributed by atoms with Crippen LogP contribution < -0.4 is 10.6 Å². The highest BCUT2D eigenvalue weighted by Crippen LogP contribution is 2.02. The fourth-order valence-electron chi connectivity index (χ4n) is 1.05. The third-order valence-electron chi connectivity index (χ3n) is 1.96. The molecule has 0 radical (unpaired) electrons. The van der Waals surface area contributed by atoms with E-state index in [2.05, 4.69) is 20.7 Å². The summed E-state index contributed by atoms with van der Waals surface area (Å²) in [6.07, 6.45) is 1.26. The number of rotatable bonds is 3. The van der Waals surface area contributed by atoms with Gasteiger partial charge in [-0.25, -0.2) is 14.5 Å². The number of hydrogen-bond acceptors (Lipinski definition) is 5. The summed E-state index contributed by atoms with van der Waals surface area (Å²) in [5, 5.41) is 16.9. The molecule has 1 atom stereocenters. The van der Waals surface area contributed by atoms with E-state index in [1.165, 1.54) is 11.0 Å². The van der Waals surface area contributed by atoms with E-state index in [1.54, 1.807) is 19.9 Å². The van der Waals surface area contributed by atoms with E-state index in [-0.39, 0.29) is 5.82 Å². The van der Waals surface area contributed by atoms with Gasteiger partial charge in [-0.15, -0.1) is 5.10 Å². The van der Waals surface area contributed by atoms with Crippen LogP contribution in [0, 0.1) is 11.3 Å². The average molecular weight is 236 g/mol. The summed E-state index contributed by atoms with van der Waals surface area (Å²) in [5.41, 5.74) is 0. The molecule has 0 spiro atoms. The third kappa shape index (κ3) is 3.27. The summed E-state index contributed by atoms with van der Waals surface area (Å²) >= 11 is 0. The highest BCUT2D eigenvalue weighted by Gasteiger charge is 2.18. The van der Waals surface area contributed by atoms with E-state index in [4.69, 9.17) is 5.26 Å². The van der Waals surface area contributed by atoms with Gasteiger partial charge in [-0.1, -0.05) is 0 Å². The van der Waals surface area contributed by atoms with Crippen LogP contribution in [0.2, 0.25) is 0 Å². The number of aromatic nitrogens is 3. The molecule has 0 saturated carbocycles. The van der Waals surface area contributed by atoms with E-state index in [0.717, 1.165) is 0 Å². The molecule has 0 saturated heterocycles.